The highest BCUT2D eigenvalue weighted by Gasteiger charge is 2.17. The van der Waals surface area contributed by atoms with E-state index in [-0.39, 0.29) is 5.91 Å². The maximum absolute atomic E-state index is 12.9. The largest absolute Gasteiger partial charge is 0.495 e. The van der Waals surface area contributed by atoms with E-state index in [1.165, 1.54) is 14.2 Å². The molecule has 0 radical (unpaired) electrons. The van der Waals surface area contributed by atoms with E-state index in [1.54, 1.807) is 24.3 Å². The van der Waals surface area contributed by atoms with Gasteiger partial charge in [-0.05, 0) is 44.2 Å². The Hall–Kier alpha value is -2.63. The fourth-order valence-corrected chi connectivity index (χ4v) is 3.48. The maximum Gasteiger partial charge on any atom is 0.257 e. The summed E-state index contributed by atoms with van der Waals surface area (Å²) in [6, 6.07) is 12.6. The molecule has 0 saturated heterocycles. The van der Waals surface area contributed by atoms with Crippen molar-refractivity contribution in [3.05, 3.63) is 69.5 Å². The van der Waals surface area contributed by atoms with E-state index in [4.69, 9.17) is 32.7 Å². The number of nitrogens with zero attached hydrogens (tertiary/aromatic N) is 1. The van der Waals surface area contributed by atoms with E-state index in [0.717, 1.165) is 17.1 Å². The molecule has 1 N–H and O–H groups in total. The smallest absolute Gasteiger partial charge is 0.257 e. The van der Waals surface area contributed by atoms with Gasteiger partial charge in [0.05, 0.1) is 35.5 Å². The number of hydrogen-bond donors (Lipinski definition) is 1. The Morgan fingerprint density at radius 3 is 2.14 bits per heavy atom. The molecule has 0 saturated carbocycles. The summed E-state index contributed by atoms with van der Waals surface area (Å²) in [7, 11) is 3.00. The quantitative estimate of drug-likeness (QED) is 0.580. The van der Waals surface area contributed by atoms with E-state index in [0.29, 0.717) is 32.8 Å². The third kappa shape index (κ3) is 3.81. The molecule has 7 heteroatoms. The zero-order chi connectivity index (χ0) is 20.4. The van der Waals surface area contributed by atoms with Crippen LogP contribution in [0, 0.1) is 13.8 Å². The van der Waals surface area contributed by atoms with Crippen molar-refractivity contribution in [1.29, 1.82) is 0 Å². The summed E-state index contributed by atoms with van der Waals surface area (Å²) in [5.41, 5.74) is 3.77. The highest BCUT2D eigenvalue weighted by atomic mass is 35.5. The summed E-state index contributed by atoms with van der Waals surface area (Å²) in [4.78, 5) is 12.9. The van der Waals surface area contributed by atoms with Gasteiger partial charge in [-0.1, -0.05) is 23.2 Å². The Kier molecular flexibility index (Phi) is 5.87. The Bertz CT molecular complexity index is 1020. The van der Waals surface area contributed by atoms with Crippen LogP contribution in [0.4, 0.5) is 5.69 Å². The molecule has 1 heterocycles. The van der Waals surface area contributed by atoms with Gasteiger partial charge in [-0.25, -0.2) is 0 Å². The maximum atomic E-state index is 12.9. The first kappa shape index (κ1) is 20.1. The van der Waals surface area contributed by atoms with Gasteiger partial charge in [0, 0.05) is 29.2 Å². The van der Waals surface area contributed by atoms with E-state index < -0.39 is 0 Å². The zero-order valence-electron chi connectivity index (χ0n) is 16.0. The zero-order valence-corrected chi connectivity index (χ0v) is 17.5. The Balaban J connectivity index is 1.99. The number of rotatable bonds is 5. The topological polar surface area (TPSA) is 52.5 Å². The van der Waals surface area contributed by atoms with Crippen molar-refractivity contribution >= 4 is 34.8 Å². The van der Waals surface area contributed by atoms with E-state index in [1.807, 2.05) is 32.0 Å². The number of hydrogen-bond acceptors (Lipinski definition) is 3. The van der Waals surface area contributed by atoms with Gasteiger partial charge in [-0.15, -0.1) is 0 Å². The number of halogens is 2. The van der Waals surface area contributed by atoms with Crippen LogP contribution in [-0.4, -0.2) is 24.7 Å². The Morgan fingerprint density at radius 1 is 0.893 bits per heavy atom. The minimum Gasteiger partial charge on any atom is -0.495 e. The number of ether oxygens (including phenoxy) is 2. The van der Waals surface area contributed by atoms with Crippen molar-refractivity contribution < 1.29 is 14.3 Å². The minimum atomic E-state index is -0.364. The fraction of sp³-hybridized carbons (Fsp3) is 0.190. The van der Waals surface area contributed by atoms with Gasteiger partial charge in [-0.2, -0.15) is 0 Å². The average molecular weight is 419 g/mol. The van der Waals surface area contributed by atoms with Gasteiger partial charge >= 0.3 is 0 Å². The standard InChI is InChI=1S/C21H20Cl2N2O3/c1-12-5-6-13(2)25(12)14-7-8-16(22)15(9-14)21(26)24-18-11-19(27-3)17(23)10-20(18)28-4/h5-11H,1-4H3,(H,24,26). The van der Waals surface area contributed by atoms with Crippen LogP contribution in [0.15, 0.2) is 42.5 Å². The molecular formula is C21H20Cl2N2O3. The van der Waals surface area contributed by atoms with Crippen LogP contribution in [0.2, 0.25) is 10.0 Å². The van der Waals surface area contributed by atoms with Crippen LogP contribution in [0.25, 0.3) is 5.69 Å². The molecule has 1 aromatic heterocycles. The van der Waals surface area contributed by atoms with E-state index in [9.17, 15) is 4.79 Å². The van der Waals surface area contributed by atoms with E-state index >= 15 is 0 Å². The van der Waals surface area contributed by atoms with Gasteiger partial charge < -0.3 is 19.4 Å². The lowest BCUT2D eigenvalue weighted by Gasteiger charge is -2.15. The molecule has 0 fully saturated rings. The van der Waals surface area contributed by atoms with Crippen LogP contribution in [0.5, 0.6) is 11.5 Å². The minimum absolute atomic E-state index is 0.350. The molecule has 28 heavy (non-hydrogen) atoms. The van der Waals surface area contributed by atoms with Crippen LogP contribution in [0.1, 0.15) is 21.7 Å². The second-order valence-corrected chi connectivity index (χ2v) is 7.07. The van der Waals surface area contributed by atoms with Gasteiger partial charge in [0.15, 0.2) is 0 Å². The Morgan fingerprint density at radius 2 is 1.54 bits per heavy atom. The van der Waals surface area contributed by atoms with E-state index in [2.05, 4.69) is 9.88 Å². The van der Waals surface area contributed by atoms with Crippen molar-refractivity contribution in [2.75, 3.05) is 19.5 Å². The molecular weight excluding hydrogens is 399 g/mol. The van der Waals surface area contributed by atoms with Crippen molar-refractivity contribution in [2.24, 2.45) is 0 Å². The summed E-state index contributed by atoms with van der Waals surface area (Å²) in [5, 5.41) is 3.56. The molecule has 0 bridgehead atoms. The van der Waals surface area contributed by atoms with Gasteiger partial charge in [0.1, 0.15) is 11.5 Å². The average Bonchev–Trinajstić information content (AvgIpc) is 3.01. The Labute approximate surface area is 173 Å². The predicted octanol–water partition coefficient (Wildman–Crippen LogP) is 5.67. The highest BCUT2D eigenvalue weighted by molar-refractivity contribution is 6.34. The fourth-order valence-electron chi connectivity index (χ4n) is 3.05. The first-order chi connectivity index (χ1) is 13.3. The van der Waals surface area contributed by atoms with Crippen molar-refractivity contribution in [3.63, 3.8) is 0 Å². The first-order valence-corrected chi connectivity index (χ1v) is 9.29. The first-order valence-electron chi connectivity index (χ1n) is 8.53. The van der Waals surface area contributed by atoms with Crippen molar-refractivity contribution in [3.8, 4) is 17.2 Å². The molecule has 0 aliphatic rings. The molecule has 5 nitrogen and oxygen atoms in total. The predicted molar refractivity (Wildman–Crippen MR) is 113 cm³/mol. The third-order valence-corrected chi connectivity index (χ3v) is 5.07. The van der Waals surface area contributed by atoms with Crippen LogP contribution in [0.3, 0.4) is 0 Å². The van der Waals surface area contributed by atoms with Crippen molar-refractivity contribution in [2.45, 2.75) is 13.8 Å². The van der Waals surface area contributed by atoms with Crippen LogP contribution < -0.4 is 14.8 Å². The third-order valence-electron chi connectivity index (χ3n) is 4.45. The molecule has 146 valence electrons. The summed E-state index contributed by atoms with van der Waals surface area (Å²) < 4.78 is 12.6. The molecule has 0 atom stereocenters. The van der Waals surface area contributed by atoms with Crippen molar-refractivity contribution in [1.82, 2.24) is 4.57 Å². The molecule has 0 spiro atoms. The lowest BCUT2D eigenvalue weighted by atomic mass is 10.1. The summed E-state index contributed by atoms with van der Waals surface area (Å²) in [6.07, 6.45) is 0. The molecule has 3 aromatic rings. The van der Waals surface area contributed by atoms with Crippen LogP contribution in [-0.2, 0) is 0 Å². The molecule has 2 aromatic carbocycles. The summed E-state index contributed by atoms with van der Waals surface area (Å²) in [6.45, 7) is 4.01. The number of methoxy groups -OCH3 is 2. The number of aryl methyl sites for hydroxylation is 2. The lowest BCUT2D eigenvalue weighted by molar-refractivity contribution is 0.102. The number of carbonyl (C=O) groups excluding carboxylic acids is 1. The number of benzene rings is 2. The van der Waals surface area contributed by atoms with Gasteiger partial charge in [0.2, 0.25) is 0 Å². The normalized spacial score (nSPS) is 10.6. The number of carbonyl (C=O) groups is 1. The number of amides is 1. The number of aromatic nitrogens is 1. The summed E-state index contributed by atoms with van der Waals surface area (Å²) in [5.74, 6) is 0.483. The second kappa shape index (κ2) is 8.17. The molecule has 0 aliphatic heterocycles. The summed E-state index contributed by atoms with van der Waals surface area (Å²) >= 11 is 12.4. The monoisotopic (exact) mass is 418 g/mol. The molecule has 3 rings (SSSR count). The molecule has 1 amide bonds. The van der Waals surface area contributed by atoms with Crippen LogP contribution >= 0.6 is 23.2 Å². The highest BCUT2D eigenvalue weighted by Crippen LogP contribution is 2.36. The number of nitrogens with one attached hydrogen (secondary N) is 1. The van der Waals surface area contributed by atoms with Gasteiger partial charge in [0.25, 0.3) is 5.91 Å². The second-order valence-electron chi connectivity index (χ2n) is 6.26. The molecule has 0 aliphatic carbocycles. The van der Waals surface area contributed by atoms with Gasteiger partial charge in [-0.3, -0.25) is 4.79 Å². The lowest BCUT2D eigenvalue weighted by Crippen LogP contribution is -2.14. The number of anilines is 1. The SMILES string of the molecule is COc1cc(NC(=O)c2cc(-n3c(C)ccc3C)ccc2Cl)c(OC)cc1Cl. The molecule has 0 unspecified atom stereocenters.